The van der Waals surface area contributed by atoms with Crippen molar-refractivity contribution in [2.75, 3.05) is 44.2 Å². The van der Waals surface area contributed by atoms with Gasteiger partial charge in [-0.1, -0.05) is 0 Å². The molecule has 0 unspecified atom stereocenters. The van der Waals surface area contributed by atoms with Crippen LogP contribution in [0.4, 0.5) is 5.82 Å². The number of hydrogen-bond acceptors (Lipinski definition) is 5. The van der Waals surface area contributed by atoms with Crippen LogP contribution in [-0.2, 0) is 0 Å². The predicted octanol–water partition coefficient (Wildman–Crippen LogP) is 0.393. The van der Waals surface area contributed by atoms with Gasteiger partial charge in [0.15, 0.2) is 0 Å². The molecule has 0 aliphatic carbocycles. The second-order valence-corrected chi connectivity index (χ2v) is 5.49. The third-order valence-electron chi connectivity index (χ3n) is 3.38. The average Bonchev–Trinajstić information content (AvgIpc) is 2.43. The fourth-order valence-electron chi connectivity index (χ4n) is 2.26. The summed E-state index contributed by atoms with van der Waals surface area (Å²) in [4.78, 5) is 22.9. The van der Waals surface area contributed by atoms with Gasteiger partial charge in [0, 0.05) is 26.2 Å². The molecule has 19 heavy (non-hydrogen) atoms. The molecule has 0 atom stereocenters. The molecule has 0 bridgehead atoms. The van der Waals surface area contributed by atoms with Crippen molar-refractivity contribution in [2.24, 2.45) is 5.73 Å². The third-order valence-corrected chi connectivity index (χ3v) is 4.09. The van der Waals surface area contributed by atoms with Gasteiger partial charge in [-0.3, -0.25) is 9.69 Å². The second-order valence-electron chi connectivity index (χ2n) is 4.69. The lowest BCUT2D eigenvalue weighted by molar-refractivity contribution is 0.253. The monoisotopic (exact) mass is 329 g/mol. The van der Waals surface area contributed by atoms with Crippen molar-refractivity contribution in [1.29, 1.82) is 0 Å². The number of anilines is 1. The second kappa shape index (κ2) is 7.02. The maximum Gasteiger partial charge on any atom is 0.267 e. The van der Waals surface area contributed by atoms with Crippen LogP contribution in [0.2, 0.25) is 0 Å². The standard InChI is InChI=1S/C12H20BrN5O/c13-10-11(15-9-16-12(10)19)18-7-5-17(6-8-18)4-2-1-3-14/h9H,1-8,14H2,(H,15,16,19). The minimum atomic E-state index is -0.129. The molecule has 0 saturated carbocycles. The molecule has 1 aliphatic rings. The summed E-state index contributed by atoms with van der Waals surface area (Å²) in [6.45, 7) is 5.69. The molecule has 1 aromatic heterocycles. The van der Waals surface area contributed by atoms with E-state index in [0.717, 1.165) is 57.9 Å². The number of hydrogen-bond donors (Lipinski definition) is 2. The van der Waals surface area contributed by atoms with E-state index in [2.05, 4.69) is 35.7 Å². The van der Waals surface area contributed by atoms with Crippen LogP contribution >= 0.6 is 15.9 Å². The molecule has 0 amide bonds. The highest BCUT2D eigenvalue weighted by molar-refractivity contribution is 9.10. The number of nitrogens with two attached hydrogens (primary N) is 1. The molecule has 0 spiro atoms. The summed E-state index contributed by atoms with van der Waals surface area (Å²) in [5.41, 5.74) is 5.37. The molecule has 1 aromatic rings. The van der Waals surface area contributed by atoms with Crippen molar-refractivity contribution in [3.8, 4) is 0 Å². The zero-order valence-electron chi connectivity index (χ0n) is 10.9. The molecule has 7 heteroatoms. The first kappa shape index (κ1) is 14.5. The van der Waals surface area contributed by atoms with Crippen LogP contribution in [0.1, 0.15) is 12.8 Å². The smallest absolute Gasteiger partial charge is 0.267 e. The summed E-state index contributed by atoms with van der Waals surface area (Å²) in [5.74, 6) is 0.741. The topological polar surface area (TPSA) is 78.2 Å². The number of rotatable bonds is 5. The fraction of sp³-hybridized carbons (Fsp3) is 0.667. The Labute approximate surface area is 121 Å². The van der Waals surface area contributed by atoms with Gasteiger partial charge in [-0.25, -0.2) is 4.98 Å². The summed E-state index contributed by atoms with van der Waals surface area (Å²) < 4.78 is 0.520. The number of piperazine rings is 1. The molecule has 106 valence electrons. The first-order valence-electron chi connectivity index (χ1n) is 6.63. The number of nitrogens with zero attached hydrogens (tertiary/aromatic N) is 3. The lowest BCUT2D eigenvalue weighted by atomic mass is 10.2. The summed E-state index contributed by atoms with van der Waals surface area (Å²) in [7, 11) is 0. The minimum Gasteiger partial charge on any atom is -0.353 e. The van der Waals surface area contributed by atoms with Gasteiger partial charge < -0.3 is 15.6 Å². The number of unbranched alkanes of at least 4 members (excludes halogenated alkanes) is 1. The van der Waals surface area contributed by atoms with E-state index < -0.39 is 0 Å². The van der Waals surface area contributed by atoms with Gasteiger partial charge >= 0.3 is 0 Å². The molecule has 0 radical (unpaired) electrons. The molecule has 1 aliphatic heterocycles. The Morgan fingerprint density at radius 1 is 1.32 bits per heavy atom. The molecule has 6 nitrogen and oxygen atoms in total. The molecular formula is C12H20BrN5O. The zero-order valence-corrected chi connectivity index (χ0v) is 12.5. The SMILES string of the molecule is NCCCCN1CCN(c2nc[nH]c(=O)c2Br)CC1. The van der Waals surface area contributed by atoms with Crippen molar-refractivity contribution in [3.63, 3.8) is 0 Å². The van der Waals surface area contributed by atoms with Crippen LogP contribution < -0.4 is 16.2 Å². The number of halogens is 1. The van der Waals surface area contributed by atoms with Crippen LogP contribution in [0.5, 0.6) is 0 Å². The van der Waals surface area contributed by atoms with Crippen LogP contribution in [0.15, 0.2) is 15.6 Å². The summed E-state index contributed by atoms with van der Waals surface area (Å²) in [6.07, 6.45) is 3.70. The van der Waals surface area contributed by atoms with Crippen LogP contribution in [0.25, 0.3) is 0 Å². The van der Waals surface area contributed by atoms with Gasteiger partial charge in [0.1, 0.15) is 10.3 Å². The van der Waals surface area contributed by atoms with Crippen molar-refractivity contribution in [3.05, 3.63) is 21.2 Å². The molecule has 2 rings (SSSR count). The van der Waals surface area contributed by atoms with Crippen LogP contribution in [0.3, 0.4) is 0 Å². The van der Waals surface area contributed by atoms with Crippen molar-refractivity contribution >= 4 is 21.7 Å². The van der Waals surface area contributed by atoms with E-state index in [1.807, 2.05) is 0 Å². The maximum atomic E-state index is 11.5. The van der Waals surface area contributed by atoms with E-state index in [4.69, 9.17) is 5.73 Å². The third kappa shape index (κ3) is 3.77. The van der Waals surface area contributed by atoms with E-state index in [1.165, 1.54) is 6.33 Å². The van der Waals surface area contributed by atoms with Gasteiger partial charge in [-0.15, -0.1) is 0 Å². The Morgan fingerprint density at radius 2 is 2.05 bits per heavy atom. The van der Waals surface area contributed by atoms with E-state index in [-0.39, 0.29) is 5.56 Å². The van der Waals surface area contributed by atoms with Crippen LogP contribution in [0, 0.1) is 0 Å². The van der Waals surface area contributed by atoms with Crippen molar-refractivity contribution in [2.45, 2.75) is 12.8 Å². The highest BCUT2D eigenvalue weighted by Gasteiger charge is 2.20. The Hall–Kier alpha value is -0.920. The summed E-state index contributed by atoms with van der Waals surface area (Å²) in [6, 6.07) is 0. The molecule has 1 fully saturated rings. The molecule has 3 N–H and O–H groups in total. The van der Waals surface area contributed by atoms with Gasteiger partial charge in [0.2, 0.25) is 0 Å². The van der Waals surface area contributed by atoms with E-state index in [9.17, 15) is 4.79 Å². The normalized spacial score (nSPS) is 16.8. The van der Waals surface area contributed by atoms with Gasteiger partial charge in [0.25, 0.3) is 5.56 Å². The molecular weight excluding hydrogens is 310 g/mol. The Bertz CT molecular complexity index is 456. The lowest BCUT2D eigenvalue weighted by Gasteiger charge is -2.35. The van der Waals surface area contributed by atoms with Gasteiger partial charge in [0.05, 0.1) is 6.33 Å². The number of aromatic nitrogens is 2. The van der Waals surface area contributed by atoms with Crippen molar-refractivity contribution < 1.29 is 0 Å². The van der Waals surface area contributed by atoms with Crippen LogP contribution in [-0.4, -0.2) is 54.1 Å². The predicted molar refractivity (Wildman–Crippen MR) is 79.5 cm³/mol. The van der Waals surface area contributed by atoms with Gasteiger partial charge in [-0.2, -0.15) is 0 Å². The number of nitrogens with one attached hydrogen (secondary N) is 1. The molecule has 1 saturated heterocycles. The highest BCUT2D eigenvalue weighted by Crippen LogP contribution is 2.20. The lowest BCUT2D eigenvalue weighted by Crippen LogP contribution is -2.47. The maximum absolute atomic E-state index is 11.5. The molecule has 0 aromatic carbocycles. The zero-order chi connectivity index (χ0) is 13.7. The Kier molecular flexibility index (Phi) is 5.35. The van der Waals surface area contributed by atoms with Gasteiger partial charge in [-0.05, 0) is 41.9 Å². The fourth-order valence-corrected chi connectivity index (χ4v) is 2.72. The number of H-pyrrole nitrogens is 1. The van der Waals surface area contributed by atoms with E-state index in [0.29, 0.717) is 4.47 Å². The average molecular weight is 330 g/mol. The largest absolute Gasteiger partial charge is 0.353 e. The molecule has 2 heterocycles. The quantitative estimate of drug-likeness (QED) is 0.764. The van der Waals surface area contributed by atoms with E-state index in [1.54, 1.807) is 0 Å². The summed E-state index contributed by atoms with van der Waals surface area (Å²) in [5, 5.41) is 0. The van der Waals surface area contributed by atoms with E-state index >= 15 is 0 Å². The Morgan fingerprint density at radius 3 is 2.74 bits per heavy atom. The Balaban J connectivity index is 1.89. The summed E-state index contributed by atoms with van der Waals surface area (Å²) >= 11 is 3.31. The minimum absolute atomic E-state index is 0.129. The first-order valence-corrected chi connectivity index (χ1v) is 7.42. The van der Waals surface area contributed by atoms with Crippen molar-refractivity contribution in [1.82, 2.24) is 14.9 Å². The number of aromatic amines is 1. The first-order chi connectivity index (χ1) is 9.22. The highest BCUT2D eigenvalue weighted by atomic mass is 79.9.